The predicted molar refractivity (Wildman–Crippen MR) is 150 cm³/mol. The number of anilines is 1. The van der Waals surface area contributed by atoms with Crippen molar-refractivity contribution >= 4 is 29.1 Å². The normalized spacial score (nSPS) is 19.4. The largest absolute Gasteiger partial charge is 0.414 e. The number of nitrogens with two attached hydrogens (primary N) is 1. The zero-order chi connectivity index (χ0) is 30.9. The Balaban J connectivity index is 1.56. The number of primary amides is 1. The van der Waals surface area contributed by atoms with Crippen LogP contribution in [0.4, 0.5) is 23.2 Å². The molecule has 0 spiro atoms. The molecule has 228 valence electrons. The van der Waals surface area contributed by atoms with Gasteiger partial charge in [0.05, 0.1) is 18.3 Å². The van der Waals surface area contributed by atoms with E-state index in [1.807, 2.05) is 0 Å². The van der Waals surface area contributed by atoms with Crippen LogP contribution in [0.3, 0.4) is 0 Å². The summed E-state index contributed by atoms with van der Waals surface area (Å²) >= 11 is 6.19. The van der Waals surface area contributed by atoms with E-state index in [1.54, 1.807) is 0 Å². The highest BCUT2D eigenvalue weighted by molar-refractivity contribution is 6.30. The number of hydrogen-bond donors (Lipinski definition) is 2. The summed E-state index contributed by atoms with van der Waals surface area (Å²) in [5, 5.41) is 2.85. The van der Waals surface area contributed by atoms with Crippen LogP contribution in [0, 0.1) is 5.82 Å². The lowest BCUT2D eigenvalue weighted by atomic mass is 9.92. The molecule has 0 radical (unpaired) electrons. The first-order valence-electron chi connectivity index (χ1n) is 13.6. The lowest BCUT2D eigenvalue weighted by molar-refractivity contribution is -0.223. The highest BCUT2D eigenvalue weighted by Crippen LogP contribution is 2.37. The van der Waals surface area contributed by atoms with E-state index in [-0.39, 0.29) is 34.4 Å². The highest BCUT2D eigenvalue weighted by atomic mass is 35.5. The number of halogens is 5. The number of alkyl halides is 3. The Morgan fingerprint density at radius 2 is 1.84 bits per heavy atom. The molecule has 2 aliphatic rings. The van der Waals surface area contributed by atoms with E-state index in [4.69, 9.17) is 26.8 Å². The predicted octanol–water partition coefficient (Wildman–Crippen LogP) is 5.55. The minimum Gasteiger partial charge on any atom is -0.378 e. The lowest BCUT2D eigenvalue weighted by Crippen LogP contribution is -2.38. The molecule has 13 heteroatoms. The van der Waals surface area contributed by atoms with Gasteiger partial charge in [-0.25, -0.2) is 4.39 Å². The van der Waals surface area contributed by atoms with Crippen molar-refractivity contribution < 1.29 is 36.6 Å². The molecule has 8 nitrogen and oxygen atoms in total. The Morgan fingerprint density at radius 1 is 1.07 bits per heavy atom. The lowest BCUT2D eigenvalue weighted by Gasteiger charge is -2.29. The molecule has 0 aliphatic carbocycles. The molecule has 1 fully saturated rings. The molecule has 5 rings (SSSR count). The Hall–Kier alpha value is -3.74. The van der Waals surface area contributed by atoms with Gasteiger partial charge < -0.3 is 25.1 Å². The van der Waals surface area contributed by atoms with Crippen LogP contribution in [0.1, 0.15) is 53.2 Å². The zero-order valence-electron chi connectivity index (χ0n) is 22.8. The average molecular weight is 622 g/mol. The number of pyridine rings is 1. The number of amides is 2. The molecule has 3 N–H and O–H groups in total. The molecule has 2 amide bonds. The van der Waals surface area contributed by atoms with E-state index in [0.29, 0.717) is 29.7 Å². The first-order chi connectivity index (χ1) is 20.4. The van der Waals surface area contributed by atoms with Gasteiger partial charge in [0, 0.05) is 48.0 Å². The van der Waals surface area contributed by atoms with Crippen molar-refractivity contribution in [2.75, 3.05) is 11.9 Å². The third-order valence-electron chi connectivity index (χ3n) is 7.64. The third kappa shape index (κ3) is 6.92. The fourth-order valence-corrected chi connectivity index (χ4v) is 5.62. The molecule has 2 unspecified atom stereocenters. The van der Waals surface area contributed by atoms with Gasteiger partial charge in [0.2, 0.25) is 5.91 Å². The second-order valence-electron chi connectivity index (χ2n) is 10.6. The van der Waals surface area contributed by atoms with Crippen molar-refractivity contribution in [3.63, 3.8) is 0 Å². The first-order valence-corrected chi connectivity index (χ1v) is 14.0. The zero-order valence-corrected chi connectivity index (χ0v) is 23.5. The van der Waals surface area contributed by atoms with Gasteiger partial charge in [0.1, 0.15) is 11.9 Å². The van der Waals surface area contributed by atoms with Gasteiger partial charge in [0.15, 0.2) is 6.10 Å². The smallest absolute Gasteiger partial charge is 0.378 e. The number of hydrogen-bond acceptors (Lipinski definition) is 5. The van der Waals surface area contributed by atoms with E-state index in [1.165, 1.54) is 36.5 Å². The Bertz CT molecular complexity index is 1600. The van der Waals surface area contributed by atoms with Crippen LogP contribution in [0.5, 0.6) is 0 Å². The number of benzene rings is 2. The van der Waals surface area contributed by atoms with Gasteiger partial charge in [-0.2, -0.15) is 13.2 Å². The summed E-state index contributed by atoms with van der Waals surface area (Å²) < 4.78 is 68.1. The van der Waals surface area contributed by atoms with E-state index in [2.05, 4.69) is 5.32 Å². The van der Waals surface area contributed by atoms with Crippen molar-refractivity contribution in [1.82, 2.24) is 4.57 Å². The van der Waals surface area contributed by atoms with E-state index in [9.17, 15) is 31.9 Å². The van der Waals surface area contributed by atoms with Crippen molar-refractivity contribution in [3.05, 3.63) is 86.5 Å². The Morgan fingerprint density at radius 3 is 2.51 bits per heavy atom. The van der Waals surface area contributed by atoms with Crippen molar-refractivity contribution in [2.45, 2.75) is 63.1 Å². The maximum absolute atomic E-state index is 14.4. The van der Waals surface area contributed by atoms with E-state index in [0.717, 1.165) is 29.5 Å². The summed E-state index contributed by atoms with van der Waals surface area (Å²) in [6.07, 6.45) is -3.87. The standard InChI is InChI=1S/C30H28ClF4N3O5/c31-18-5-4-16-9-26(30(33,34)35)43-15-17-14-38(27(39)13-23(17)22(16)10-18)25(12-20-3-1-2-8-42-20)29(41)37-19-6-7-21(28(36)40)24(32)11-19/h4-7,10-11,13-14,20,25-26H,1-3,8-9,12,15H2,(H2,36,40)(H,37,41)/t20-,25?,26?/m0/s1. The summed E-state index contributed by atoms with van der Waals surface area (Å²) in [5.41, 5.74) is 5.48. The van der Waals surface area contributed by atoms with Crippen molar-refractivity contribution in [3.8, 4) is 11.1 Å². The fourth-order valence-electron chi connectivity index (χ4n) is 5.45. The fraction of sp³-hybridized carbons (Fsp3) is 0.367. The summed E-state index contributed by atoms with van der Waals surface area (Å²) in [7, 11) is 0. The molecular weight excluding hydrogens is 594 g/mol. The first kappa shape index (κ1) is 30.7. The summed E-state index contributed by atoms with van der Waals surface area (Å²) in [4.78, 5) is 38.7. The van der Waals surface area contributed by atoms with E-state index >= 15 is 0 Å². The van der Waals surface area contributed by atoms with E-state index < -0.39 is 54.5 Å². The number of ether oxygens (including phenoxy) is 2. The van der Waals surface area contributed by atoms with Gasteiger partial charge in [0.25, 0.3) is 11.5 Å². The molecule has 0 saturated carbocycles. The summed E-state index contributed by atoms with van der Waals surface area (Å²) in [6.45, 7) is -0.0120. The van der Waals surface area contributed by atoms with Gasteiger partial charge in [-0.15, -0.1) is 0 Å². The number of fused-ring (bicyclic) bond motifs is 3. The van der Waals surface area contributed by atoms with Crippen molar-refractivity contribution in [2.24, 2.45) is 5.73 Å². The molecule has 3 aromatic rings. The Kier molecular flexibility index (Phi) is 8.91. The minimum absolute atomic E-state index is 0.0151. The molecule has 0 bridgehead atoms. The van der Waals surface area contributed by atoms with Crippen LogP contribution in [-0.4, -0.2) is 41.4 Å². The van der Waals surface area contributed by atoms with Crippen LogP contribution in [0.25, 0.3) is 11.1 Å². The number of rotatable bonds is 6. The molecule has 1 aromatic heterocycles. The quantitative estimate of drug-likeness (QED) is 0.351. The number of carbonyl (C=O) groups excluding carboxylic acids is 2. The van der Waals surface area contributed by atoms with Crippen LogP contribution in [0.15, 0.2) is 53.5 Å². The van der Waals surface area contributed by atoms with Gasteiger partial charge in [-0.3, -0.25) is 14.4 Å². The molecular formula is C30H28ClF4N3O5. The molecule has 3 atom stereocenters. The average Bonchev–Trinajstić information content (AvgIpc) is 2.94. The van der Waals surface area contributed by atoms with Crippen LogP contribution in [-0.2, 0) is 27.3 Å². The maximum atomic E-state index is 14.4. The molecule has 2 aliphatic heterocycles. The van der Waals surface area contributed by atoms with Gasteiger partial charge >= 0.3 is 6.18 Å². The molecule has 43 heavy (non-hydrogen) atoms. The van der Waals surface area contributed by atoms with Gasteiger partial charge in [-0.05, 0) is 66.3 Å². The Labute approximate surface area is 248 Å². The maximum Gasteiger partial charge on any atom is 0.414 e. The minimum atomic E-state index is -4.65. The monoisotopic (exact) mass is 621 g/mol. The topological polar surface area (TPSA) is 113 Å². The molecule has 1 saturated heterocycles. The van der Waals surface area contributed by atoms with Crippen LogP contribution < -0.4 is 16.6 Å². The summed E-state index contributed by atoms with van der Waals surface area (Å²) in [6, 6.07) is 7.88. The second-order valence-corrected chi connectivity index (χ2v) is 11.0. The number of nitrogens with zero attached hydrogens (tertiary/aromatic N) is 1. The van der Waals surface area contributed by atoms with Crippen LogP contribution in [0.2, 0.25) is 5.02 Å². The second kappa shape index (κ2) is 12.5. The number of carbonyl (C=O) groups is 2. The highest BCUT2D eigenvalue weighted by Gasteiger charge is 2.42. The number of aromatic nitrogens is 1. The molecule has 3 heterocycles. The number of nitrogens with one attached hydrogen (secondary N) is 1. The third-order valence-corrected chi connectivity index (χ3v) is 7.87. The molecule has 2 aromatic carbocycles. The van der Waals surface area contributed by atoms with Crippen molar-refractivity contribution in [1.29, 1.82) is 0 Å². The van der Waals surface area contributed by atoms with Gasteiger partial charge in [-0.1, -0.05) is 17.7 Å². The van der Waals surface area contributed by atoms with Crippen LogP contribution >= 0.6 is 11.6 Å². The summed E-state index contributed by atoms with van der Waals surface area (Å²) in [5.74, 6) is -2.61. The SMILES string of the molecule is NC(=O)c1ccc(NC(=O)C(C[C@@H]2CCCCO2)n2cc3c(cc2=O)-c2cc(Cl)ccc2CC(C(F)(F)F)OC3)cc1F.